The smallest absolute Gasteiger partial charge is 0.318 e. The number of nitrogens with two attached hydrogens (primary N) is 1. The summed E-state index contributed by atoms with van der Waals surface area (Å²) in [5.74, 6) is 1.36. The molecule has 0 bridgehead atoms. The normalized spacial score (nSPS) is 17.2. The largest absolute Gasteiger partial charge is 0.493 e. The van der Waals surface area contributed by atoms with Crippen LogP contribution in [0.15, 0.2) is 12.1 Å². The number of carbonyl (C=O) groups is 1. The third-order valence-electron chi connectivity index (χ3n) is 3.90. The highest BCUT2D eigenvalue weighted by Gasteiger charge is 2.31. The lowest BCUT2D eigenvalue weighted by Crippen LogP contribution is -2.49. The summed E-state index contributed by atoms with van der Waals surface area (Å²) in [6.45, 7) is 4.90. The number of hydrogen-bond donors (Lipinski definition) is 2. The van der Waals surface area contributed by atoms with Crippen molar-refractivity contribution < 1.29 is 14.3 Å². The molecule has 6 heteroatoms. The van der Waals surface area contributed by atoms with E-state index in [1.807, 2.05) is 26.0 Å². The molecule has 1 aromatic rings. The van der Waals surface area contributed by atoms with E-state index in [9.17, 15) is 4.79 Å². The number of ether oxygens (including phenoxy) is 2. The highest BCUT2D eigenvalue weighted by atomic mass is 16.5. The summed E-state index contributed by atoms with van der Waals surface area (Å²) in [5, 5.41) is 2.93. The summed E-state index contributed by atoms with van der Waals surface area (Å²) < 4.78 is 10.7. The minimum atomic E-state index is -0.151. The molecule has 6 nitrogen and oxygen atoms in total. The molecule has 1 aliphatic heterocycles. The van der Waals surface area contributed by atoms with E-state index >= 15 is 0 Å². The quantitative estimate of drug-likeness (QED) is 0.887. The minimum absolute atomic E-state index is 0.0779. The van der Waals surface area contributed by atoms with Crippen LogP contribution in [0.2, 0.25) is 0 Å². The van der Waals surface area contributed by atoms with Crippen LogP contribution in [0.3, 0.4) is 0 Å². The first-order valence-electron chi connectivity index (χ1n) is 7.53. The number of fused-ring (bicyclic) bond motifs is 1. The van der Waals surface area contributed by atoms with Gasteiger partial charge in [0.05, 0.1) is 20.3 Å². The van der Waals surface area contributed by atoms with Crippen LogP contribution in [0, 0.1) is 0 Å². The predicted molar refractivity (Wildman–Crippen MR) is 85.4 cm³/mol. The average molecular weight is 307 g/mol. The topological polar surface area (TPSA) is 76.8 Å². The second-order valence-corrected chi connectivity index (χ2v) is 5.71. The standard InChI is InChI=1S/C16H25N3O3/c1-10(2)18-16(20)19-6-5-11-7-14(21-3)15(22-4)8-12(11)13(19)9-17/h7-8,10,13H,5-6,9,17H2,1-4H3,(H,18,20). The van der Waals surface area contributed by atoms with Crippen LogP contribution in [-0.2, 0) is 6.42 Å². The Labute approximate surface area is 131 Å². The van der Waals surface area contributed by atoms with Gasteiger partial charge in [0, 0.05) is 19.1 Å². The summed E-state index contributed by atoms with van der Waals surface area (Å²) in [6.07, 6.45) is 0.775. The summed E-state index contributed by atoms with van der Waals surface area (Å²) >= 11 is 0. The first-order valence-corrected chi connectivity index (χ1v) is 7.53. The first-order chi connectivity index (χ1) is 10.5. The van der Waals surface area contributed by atoms with Gasteiger partial charge < -0.3 is 25.4 Å². The van der Waals surface area contributed by atoms with Gasteiger partial charge in [-0.3, -0.25) is 0 Å². The van der Waals surface area contributed by atoms with Crippen LogP contribution in [0.25, 0.3) is 0 Å². The number of carbonyl (C=O) groups excluding carboxylic acids is 1. The first kappa shape index (κ1) is 16.4. The van der Waals surface area contributed by atoms with Crippen molar-refractivity contribution in [2.24, 2.45) is 5.73 Å². The molecule has 0 saturated heterocycles. The number of nitrogens with one attached hydrogen (secondary N) is 1. The number of benzene rings is 1. The van der Waals surface area contributed by atoms with Gasteiger partial charge in [-0.1, -0.05) is 0 Å². The Balaban J connectivity index is 2.36. The van der Waals surface area contributed by atoms with Crippen molar-refractivity contribution in [3.8, 4) is 11.5 Å². The van der Waals surface area contributed by atoms with E-state index in [4.69, 9.17) is 15.2 Å². The molecule has 0 saturated carbocycles. The monoisotopic (exact) mass is 307 g/mol. The van der Waals surface area contributed by atoms with E-state index in [1.165, 1.54) is 0 Å². The van der Waals surface area contributed by atoms with Gasteiger partial charge in [0.1, 0.15) is 0 Å². The van der Waals surface area contributed by atoms with Gasteiger partial charge in [0.2, 0.25) is 0 Å². The molecule has 0 aliphatic carbocycles. The zero-order valence-corrected chi connectivity index (χ0v) is 13.7. The number of nitrogens with zero attached hydrogens (tertiary/aromatic N) is 1. The van der Waals surface area contributed by atoms with Crippen molar-refractivity contribution in [2.75, 3.05) is 27.3 Å². The van der Waals surface area contributed by atoms with Crippen molar-refractivity contribution >= 4 is 6.03 Å². The highest BCUT2D eigenvalue weighted by molar-refractivity contribution is 5.75. The molecule has 122 valence electrons. The van der Waals surface area contributed by atoms with Crippen molar-refractivity contribution in [1.29, 1.82) is 0 Å². The molecule has 0 spiro atoms. The number of hydrogen-bond acceptors (Lipinski definition) is 4. The number of urea groups is 1. The molecule has 2 rings (SSSR count). The second-order valence-electron chi connectivity index (χ2n) is 5.71. The summed E-state index contributed by atoms with van der Waals surface area (Å²) in [6, 6.07) is 3.78. The second kappa shape index (κ2) is 6.87. The maximum absolute atomic E-state index is 12.4. The molecule has 1 unspecified atom stereocenters. The fourth-order valence-corrected chi connectivity index (χ4v) is 2.86. The Kier molecular flexibility index (Phi) is 5.13. The molecule has 22 heavy (non-hydrogen) atoms. The maximum Gasteiger partial charge on any atom is 0.318 e. The number of rotatable bonds is 4. The van der Waals surface area contributed by atoms with Crippen LogP contribution in [0.4, 0.5) is 4.79 Å². The van der Waals surface area contributed by atoms with Crippen LogP contribution in [-0.4, -0.2) is 44.3 Å². The molecule has 1 aromatic carbocycles. The molecule has 1 heterocycles. The molecule has 2 amide bonds. The lowest BCUT2D eigenvalue weighted by molar-refractivity contribution is 0.168. The van der Waals surface area contributed by atoms with Gasteiger partial charge in [-0.2, -0.15) is 0 Å². The molecular weight excluding hydrogens is 282 g/mol. The maximum atomic E-state index is 12.4. The molecule has 1 aliphatic rings. The predicted octanol–water partition coefficient (Wildman–Crippen LogP) is 1.68. The summed E-state index contributed by atoms with van der Waals surface area (Å²) in [7, 11) is 3.23. The lowest BCUT2D eigenvalue weighted by Gasteiger charge is -2.37. The van der Waals surface area contributed by atoms with Crippen LogP contribution < -0.4 is 20.5 Å². The third-order valence-corrected chi connectivity index (χ3v) is 3.90. The minimum Gasteiger partial charge on any atom is -0.493 e. The zero-order valence-electron chi connectivity index (χ0n) is 13.7. The molecule has 0 fully saturated rings. The van der Waals surface area contributed by atoms with E-state index in [1.54, 1.807) is 19.1 Å². The van der Waals surface area contributed by atoms with Gasteiger partial charge in [-0.25, -0.2) is 4.79 Å². The zero-order chi connectivity index (χ0) is 16.3. The van der Waals surface area contributed by atoms with Gasteiger partial charge in [0.25, 0.3) is 0 Å². The third kappa shape index (κ3) is 3.11. The van der Waals surface area contributed by atoms with E-state index in [0.29, 0.717) is 24.6 Å². The van der Waals surface area contributed by atoms with Crippen LogP contribution in [0.5, 0.6) is 11.5 Å². The van der Waals surface area contributed by atoms with E-state index in [0.717, 1.165) is 17.5 Å². The van der Waals surface area contributed by atoms with Crippen LogP contribution >= 0.6 is 0 Å². The van der Waals surface area contributed by atoms with Gasteiger partial charge >= 0.3 is 6.03 Å². The lowest BCUT2D eigenvalue weighted by atomic mass is 9.92. The number of amides is 2. The molecule has 0 radical (unpaired) electrons. The van der Waals surface area contributed by atoms with Crippen LogP contribution in [0.1, 0.15) is 31.0 Å². The van der Waals surface area contributed by atoms with Gasteiger partial charge in [-0.15, -0.1) is 0 Å². The fourth-order valence-electron chi connectivity index (χ4n) is 2.86. The van der Waals surface area contributed by atoms with E-state index < -0.39 is 0 Å². The molecule has 0 aromatic heterocycles. The number of methoxy groups -OCH3 is 2. The van der Waals surface area contributed by atoms with Gasteiger partial charge in [-0.05, 0) is 43.5 Å². The van der Waals surface area contributed by atoms with Crippen molar-refractivity contribution in [3.05, 3.63) is 23.3 Å². The molecule has 3 N–H and O–H groups in total. The fraction of sp³-hybridized carbons (Fsp3) is 0.562. The Bertz CT molecular complexity index is 546. The summed E-state index contributed by atoms with van der Waals surface area (Å²) in [4.78, 5) is 14.2. The highest BCUT2D eigenvalue weighted by Crippen LogP contribution is 2.37. The van der Waals surface area contributed by atoms with Crippen molar-refractivity contribution in [3.63, 3.8) is 0 Å². The SMILES string of the molecule is COc1cc2c(cc1OC)C(CN)N(C(=O)NC(C)C)CC2. The molecular formula is C16H25N3O3. The Morgan fingerprint density at radius 2 is 2.00 bits per heavy atom. The Morgan fingerprint density at radius 3 is 2.55 bits per heavy atom. The Morgan fingerprint density at radius 1 is 1.36 bits per heavy atom. The van der Waals surface area contributed by atoms with E-state index in [2.05, 4.69) is 5.32 Å². The average Bonchev–Trinajstić information content (AvgIpc) is 2.51. The van der Waals surface area contributed by atoms with Crippen molar-refractivity contribution in [2.45, 2.75) is 32.4 Å². The summed E-state index contributed by atoms with van der Waals surface area (Å²) in [5.41, 5.74) is 8.13. The van der Waals surface area contributed by atoms with Gasteiger partial charge in [0.15, 0.2) is 11.5 Å². The Hall–Kier alpha value is -1.95. The molecule has 1 atom stereocenters. The van der Waals surface area contributed by atoms with Crippen molar-refractivity contribution in [1.82, 2.24) is 10.2 Å². The van der Waals surface area contributed by atoms with E-state index in [-0.39, 0.29) is 18.1 Å².